The lowest BCUT2D eigenvalue weighted by atomic mass is 10.1. The van der Waals surface area contributed by atoms with E-state index in [0.717, 1.165) is 83.5 Å². The Morgan fingerprint density at radius 1 is 0.351 bits per heavy atom. The molecule has 650 valence electrons. The number of hydrogen-bond donors (Lipinski definition) is 5. The Labute approximate surface area is 768 Å². The maximum Gasteiger partial charge on any atom is 0.264 e. The standard InChI is InChI=1S/C28H22FN7O2.C22H18BrN7O.C22H18ClN7O.C22H18IN7O/c1-15-5-3-7-17-10-20(36(28(38)22(15)17)26-16(2)6-4-8-31-26)13-35-27-23(25(30)32-14-33-27)24(34-35)18-9-19(29)12-21(37)11-18;3*1-12-5-3-7-14-9-15(10-29-21-17(18(23)28-29)19(24)26-11-27-21)30(22(31)16(12)14)20-13(2)6-4-8-25-20/h3-12,14,37H,13H2,1-2H3,(H2,30,32,33);3*3-9,11H,10H2,1-2H3,(H2,24,26,27). The number of pyridine rings is 8. The molecule has 0 atom stereocenters. The third-order valence-electron chi connectivity index (χ3n) is 22.6. The number of fused-ring (bicyclic) bond motifs is 8. The minimum absolute atomic E-state index is 0.104. The van der Waals surface area contributed by atoms with E-state index in [9.17, 15) is 28.7 Å². The third kappa shape index (κ3) is 15.9. The Bertz CT molecular complexity index is 7950. The van der Waals surface area contributed by atoms with Crippen LogP contribution in [0.25, 0.3) is 122 Å². The second kappa shape index (κ2) is 35.1. The molecule has 0 radical (unpaired) electrons. The van der Waals surface area contributed by atoms with Crippen molar-refractivity contribution in [1.29, 1.82) is 0 Å². The minimum Gasteiger partial charge on any atom is -0.508 e. The first kappa shape index (κ1) is 85.9. The van der Waals surface area contributed by atoms with Crippen LogP contribution in [0.5, 0.6) is 5.75 Å². The van der Waals surface area contributed by atoms with Crippen LogP contribution in [0.15, 0.2) is 238 Å². The minimum atomic E-state index is -0.623. The van der Waals surface area contributed by atoms with E-state index in [1.54, 1.807) is 61.8 Å². The second-order valence-electron chi connectivity index (χ2n) is 31.2. The summed E-state index contributed by atoms with van der Waals surface area (Å²) in [6.07, 6.45) is 12.2. The first-order valence-corrected chi connectivity index (χ1v) is 43.0. The fourth-order valence-corrected chi connectivity index (χ4v) is 18.2. The Balaban J connectivity index is 0.000000118. The summed E-state index contributed by atoms with van der Waals surface area (Å²) in [5.41, 5.74) is 36.4. The number of benzene rings is 5. The number of phenols is 1. The highest BCUT2D eigenvalue weighted by Crippen LogP contribution is 2.36. The number of anilines is 4. The van der Waals surface area contributed by atoms with Crippen molar-refractivity contribution < 1.29 is 9.50 Å². The molecular formula is C94H76BrClFIN28O5. The highest BCUT2D eigenvalue weighted by atomic mass is 127. The average molecular weight is 1940 g/mol. The fraction of sp³-hybridized carbons (Fsp3) is 0.128. The van der Waals surface area contributed by atoms with Gasteiger partial charge >= 0.3 is 0 Å². The molecule has 0 spiro atoms. The van der Waals surface area contributed by atoms with Gasteiger partial charge in [-0.05, 0) is 221 Å². The van der Waals surface area contributed by atoms with E-state index < -0.39 is 5.82 Å². The molecule has 0 aliphatic heterocycles. The Morgan fingerprint density at radius 3 is 1.02 bits per heavy atom. The van der Waals surface area contributed by atoms with Gasteiger partial charge in [-0.15, -0.1) is 0 Å². The van der Waals surface area contributed by atoms with Crippen molar-refractivity contribution in [2.45, 2.75) is 81.6 Å². The summed E-state index contributed by atoms with van der Waals surface area (Å²) >= 11 is 11.9. The van der Waals surface area contributed by atoms with E-state index in [0.29, 0.717) is 145 Å². The normalized spacial score (nSPS) is 11.5. The molecule has 37 heteroatoms. The molecule has 0 unspecified atom stereocenters. The maximum absolute atomic E-state index is 14.2. The van der Waals surface area contributed by atoms with Gasteiger partial charge in [0.1, 0.15) is 103 Å². The number of phenolic OH excluding ortho intramolecular Hbond substituents is 1. The van der Waals surface area contributed by atoms with Crippen LogP contribution in [0, 0.1) is 64.9 Å². The van der Waals surface area contributed by atoms with E-state index in [1.165, 1.54) is 37.4 Å². The number of nitrogen functional groups attached to an aromatic ring is 4. The van der Waals surface area contributed by atoms with Gasteiger partial charge in [0.25, 0.3) is 22.2 Å². The van der Waals surface area contributed by atoms with Crippen LogP contribution in [0.3, 0.4) is 0 Å². The van der Waals surface area contributed by atoms with Crippen LogP contribution >= 0.6 is 50.1 Å². The topological polar surface area (TPSA) is 438 Å². The van der Waals surface area contributed by atoms with E-state index in [4.69, 9.17) is 39.6 Å². The van der Waals surface area contributed by atoms with Gasteiger partial charge in [0.05, 0.1) is 86.7 Å². The Hall–Kier alpha value is -15.8. The summed E-state index contributed by atoms with van der Waals surface area (Å²) in [7, 11) is 0. The van der Waals surface area contributed by atoms with Crippen LogP contribution in [0.2, 0.25) is 5.15 Å². The third-order valence-corrected chi connectivity index (χ3v) is 24.2. The quantitative estimate of drug-likeness (QED) is 0.0669. The summed E-state index contributed by atoms with van der Waals surface area (Å²) in [6.45, 7) is 16.4. The molecule has 21 aromatic rings. The lowest BCUT2D eigenvalue weighted by Crippen LogP contribution is -2.26. The van der Waals surface area contributed by atoms with Crippen LogP contribution in [-0.4, -0.2) is 122 Å². The molecule has 131 heavy (non-hydrogen) atoms. The van der Waals surface area contributed by atoms with Gasteiger partial charge in [0.2, 0.25) is 0 Å². The van der Waals surface area contributed by atoms with Crippen molar-refractivity contribution >= 4 is 161 Å². The largest absolute Gasteiger partial charge is 0.508 e. The van der Waals surface area contributed by atoms with Crippen molar-refractivity contribution in [2.75, 3.05) is 22.9 Å². The molecule has 16 aromatic heterocycles. The zero-order valence-electron chi connectivity index (χ0n) is 71.2. The van der Waals surface area contributed by atoms with E-state index >= 15 is 0 Å². The van der Waals surface area contributed by atoms with Gasteiger partial charge in [0, 0.05) is 36.4 Å². The van der Waals surface area contributed by atoms with E-state index in [-0.39, 0.29) is 57.9 Å². The van der Waals surface area contributed by atoms with Crippen LogP contribution in [0.4, 0.5) is 27.7 Å². The van der Waals surface area contributed by atoms with E-state index in [2.05, 4.69) is 114 Å². The number of nitrogens with zero attached hydrogens (tertiary/aromatic N) is 24. The number of halogens is 4. The molecule has 0 aliphatic rings. The number of nitrogens with two attached hydrogens (primary N) is 4. The molecule has 16 heterocycles. The molecule has 0 aliphatic carbocycles. The monoisotopic (exact) mass is 1940 g/mol. The predicted octanol–water partition coefficient (Wildman–Crippen LogP) is 14.6. The molecule has 0 bridgehead atoms. The van der Waals surface area contributed by atoms with Gasteiger partial charge in [-0.25, -0.2) is 82.9 Å². The number of aryl methyl sites for hydroxylation is 8. The van der Waals surface area contributed by atoms with Gasteiger partial charge in [-0.2, -0.15) is 20.4 Å². The van der Waals surface area contributed by atoms with Crippen LogP contribution in [-0.2, 0) is 26.2 Å². The number of aromatic hydroxyl groups is 1. The highest BCUT2D eigenvalue weighted by molar-refractivity contribution is 14.1. The van der Waals surface area contributed by atoms with Gasteiger partial charge in [0.15, 0.2) is 27.7 Å². The molecule has 33 nitrogen and oxygen atoms in total. The Kier molecular flexibility index (Phi) is 23.0. The van der Waals surface area contributed by atoms with Gasteiger partial charge in [-0.1, -0.05) is 109 Å². The van der Waals surface area contributed by atoms with Crippen molar-refractivity contribution in [2.24, 2.45) is 0 Å². The number of aromatic nitrogens is 24. The summed E-state index contributed by atoms with van der Waals surface area (Å²) in [6, 6.07) is 49.9. The van der Waals surface area contributed by atoms with Crippen molar-refractivity contribution in [1.82, 2.24) is 117 Å². The summed E-state index contributed by atoms with van der Waals surface area (Å²) in [5.74, 6) is 2.56. The van der Waals surface area contributed by atoms with Gasteiger partial charge < -0.3 is 28.0 Å². The highest BCUT2D eigenvalue weighted by Gasteiger charge is 2.27. The smallest absolute Gasteiger partial charge is 0.264 e. The van der Waals surface area contributed by atoms with Crippen LogP contribution < -0.4 is 45.2 Å². The molecule has 0 saturated carbocycles. The molecule has 0 amide bonds. The lowest BCUT2D eigenvalue weighted by Gasteiger charge is -2.16. The summed E-state index contributed by atoms with van der Waals surface area (Å²) < 4.78 is 28.7. The van der Waals surface area contributed by atoms with Crippen molar-refractivity contribution in [3.63, 3.8) is 0 Å². The molecule has 0 fully saturated rings. The zero-order chi connectivity index (χ0) is 91.6. The lowest BCUT2D eigenvalue weighted by molar-refractivity contribution is 0.469. The first-order chi connectivity index (χ1) is 63.2. The molecule has 9 N–H and O–H groups in total. The second-order valence-corrected chi connectivity index (χ2v) is 33.3. The van der Waals surface area contributed by atoms with Crippen molar-refractivity contribution in [3.8, 4) is 40.3 Å². The summed E-state index contributed by atoms with van der Waals surface area (Å²) in [4.78, 5) is 107. The van der Waals surface area contributed by atoms with Gasteiger partial charge in [-0.3, -0.25) is 37.4 Å². The van der Waals surface area contributed by atoms with Crippen LogP contribution in [0.1, 0.15) is 67.3 Å². The maximum atomic E-state index is 14.2. The Morgan fingerprint density at radius 2 is 0.656 bits per heavy atom. The predicted molar refractivity (Wildman–Crippen MR) is 515 cm³/mol. The van der Waals surface area contributed by atoms with E-state index in [1.807, 2.05) is 201 Å². The molecule has 5 aromatic carbocycles. The average Bonchev–Trinajstić information content (AvgIpc) is 1.68. The molecule has 0 saturated heterocycles. The first-order valence-electron chi connectivity index (χ1n) is 40.8. The summed E-state index contributed by atoms with van der Waals surface area (Å²) in [5, 5.41) is 36.7. The fourth-order valence-electron chi connectivity index (χ4n) is 16.6. The zero-order valence-corrected chi connectivity index (χ0v) is 75.7. The number of rotatable bonds is 13. The van der Waals surface area contributed by atoms with Crippen molar-refractivity contribution in [3.05, 3.63) is 342 Å². The SMILES string of the molecule is Cc1cccnc1-n1c(Cn2nc(-c3cc(O)cc(F)c3)c3c(N)ncnc32)cc2cccc(C)c2c1=O.Cc1cccnc1-n1c(Cn2nc(Br)c3c(N)ncnc32)cc2cccc(C)c2c1=O.Cc1cccnc1-n1c(Cn2nc(Cl)c3c(N)ncnc32)cc2cccc(C)c2c1=O.Cc1cccnc1-n1c(Cn2nc(I)c3c(N)ncnc32)cc2cccc(C)c2c1=O. The molecular weight excluding hydrogens is 1860 g/mol. The number of hydrogen-bond acceptors (Lipinski definition) is 25. The molecule has 21 rings (SSSR count).